The van der Waals surface area contributed by atoms with E-state index in [4.69, 9.17) is 0 Å². The number of alkyl halides is 2. The molecule has 0 saturated heterocycles. The van der Waals surface area contributed by atoms with Crippen molar-refractivity contribution in [2.24, 2.45) is 0 Å². The molecule has 0 nitrogen and oxygen atoms in total. The lowest BCUT2D eigenvalue weighted by molar-refractivity contribution is 0.340. The van der Waals surface area contributed by atoms with Crippen LogP contribution in [-0.4, -0.2) is 10.6 Å². The normalized spacial score (nSPS) is 13.5. The zero-order valence-corrected chi connectivity index (χ0v) is 8.73. The highest BCUT2D eigenvalue weighted by molar-refractivity contribution is 14.1. The first-order chi connectivity index (χ1) is 4.81. The lowest BCUT2D eigenvalue weighted by atomic mass is 10.1. The number of rotatable bonds is 6. The van der Waals surface area contributed by atoms with Gasteiger partial charge in [0.1, 0.15) is 6.17 Å². The van der Waals surface area contributed by atoms with Crippen molar-refractivity contribution < 1.29 is 4.39 Å². The van der Waals surface area contributed by atoms with Gasteiger partial charge in [0.05, 0.1) is 0 Å². The summed E-state index contributed by atoms with van der Waals surface area (Å²) in [6.45, 7) is 2.17. The molecule has 0 bridgehead atoms. The van der Waals surface area contributed by atoms with Crippen molar-refractivity contribution >= 4 is 22.6 Å². The highest BCUT2D eigenvalue weighted by Gasteiger charge is 2.01. The summed E-state index contributed by atoms with van der Waals surface area (Å²) < 4.78 is 13.2. The van der Waals surface area contributed by atoms with Crippen molar-refractivity contribution in [3.8, 4) is 0 Å². The van der Waals surface area contributed by atoms with Crippen molar-refractivity contribution in [1.82, 2.24) is 0 Å². The van der Waals surface area contributed by atoms with Crippen LogP contribution in [0.1, 0.15) is 39.0 Å². The molecule has 0 N–H and O–H groups in total. The third kappa shape index (κ3) is 6.78. The first-order valence-corrected chi connectivity index (χ1v) is 5.53. The van der Waals surface area contributed by atoms with Gasteiger partial charge in [-0.3, -0.25) is 0 Å². The molecule has 0 aromatic heterocycles. The fourth-order valence-corrected chi connectivity index (χ4v) is 1.31. The van der Waals surface area contributed by atoms with E-state index < -0.39 is 6.17 Å². The monoisotopic (exact) mass is 258 g/mol. The largest absolute Gasteiger partial charge is 0.247 e. The minimum Gasteiger partial charge on any atom is -0.247 e. The molecule has 0 aliphatic heterocycles. The topological polar surface area (TPSA) is 0 Å². The smallest absolute Gasteiger partial charge is 0.109 e. The fourth-order valence-electron chi connectivity index (χ4n) is 0.870. The summed E-state index contributed by atoms with van der Waals surface area (Å²) in [5, 5.41) is 0. The van der Waals surface area contributed by atoms with Crippen LogP contribution in [0.5, 0.6) is 0 Å². The number of hydrogen-bond acceptors (Lipinski definition) is 0. The van der Waals surface area contributed by atoms with E-state index in [1.807, 2.05) is 0 Å². The summed E-state index contributed by atoms with van der Waals surface area (Å²) in [7, 11) is 0. The molecule has 0 heterocycles. The minimum atomic E-state index is -0.558. The average molecular weight is 258 g/mol. The second kappa shape index (κ2) is 7.76. The Morgan fingerprint density at radius 3 is 2.50 bits per heavy atom. The van der Waals surface area contributed by atoms with Crippen LogP contribution in [0.2, 0.25) is 0 Å². The zero-order chi connectivity index (χ0) is 7.82. The van der Waals surface area contributed by atoms with Gasteiger partial charge in [0.25, 0.3) is 0 Å². The Morgan fingerprint density at radius 1 is 1.30 bits per heavy atom. The highest BCUT2D eigenvalue weighted by Crippen LogP contribution is 2.09. The van der Waals surface area contributed by atoms with Crippen LogP contribution in [0.15, 0.2) is 0 Å². The van der Waals surface area contributed by atoms with Gasteiger partial charge in [-0.05, 0) is 6.42 Å². The number of hydrogen-bond donors (Lipinski definition) is 0. The Labute approximate surface area is 76.7 Å². The maximum Gasteiger partial charge on any atom is 0.109 e. The van der Waals surface area contributed by atoms with E-state index in [0.717, 1.165) is 12.8 Å². The van der Waals surface area contributed by atoms with Gasteiger partial charge in [0.2, 0.25) is 0 Å². The maximum absolute atomic E-state index is 12.6. The molecular weight excluding hydrogens is 242 g/mol. The summed E-state index contributed by atoms with van der Waals surface area (Å²) in [6.07, 6.45) is 4.97. The summed E-state index contributed by atoms with van der Waals surface area (Å²) >= 11 is 2.10. The first kappa shape index (κ1) is 10.7. The summed E-state index contributed by atoms with van der Waals surface area (Å²) in [6, 6.07) is 0. The maximum atomic E-state index is 12.6. The molecule has 0 spiro atoms. The predicted octanol–water partition coefficient (Wildman–Crippen LogP) is 3.73. The van der Waals surface area contributed by atoms with Crippen molar-refractivity contribution in [2.75, 3.05) is 4.43 Å². The molecule has 0 aromatic carbocycles. The van der Waals surface area contributed by atoms with Gasteiger partial charge in [-0.1, -0.05) is 55.2 Å². The van der Waals surface area contributed by atoms with E-state index in [0.29, 0.717) is 4.43 Å². The van der Waals surface area contributed by atoms with E-state index in [9.17, 15) is 4.39 Å². The number of unbranched alkanes of at least 4 members (excludes halogenated alkanes) is 3. The van der Waals surface area contributed by atoms with Crippen LogP contribution in [0.25, 0.3) is 0 Å². The fraction of sp³-hybridized carbons (Fsp3) is 1.00. The molecule has 0 amide bonds. The van der Waals surface area contributed by atoms with E-state index in [1.165, 1.54) is 19.3 Å². The Hall–Kier alpha value is 0.660. The highest BCUT2D eigenvalue weighted by atomic mass is 127. The Bertz CT molecular complexity index is 66.3. The van der Waals surface area contributed by atoms with Gasteiger partial charge >= 0.3 is 0 Å². The minimum absolute atomic E-state index is 0.558. The van der Waals surface area contributed by atoms with E-state index in [2.05, 4.69) is 29.5 Å². The Kier molecular flexibility index (Phi) is 8.28. The lowest BCUT2D eigenvalue weighted by Gasteiger charge is -2.02. The van der Waals surface area contributed by atoms with Crippen LogP contribution >= 0.6 is 22.6 Å². The van der Waals surface area contributed by atoms with Crippen molar-refractivity contribution in [3.63, 3.8) is 0 Å². The lowest BCUT2D eigenvalue weighted by Crippen LogP contribution is -1.99. The molecule has 10 heavy (non-hydrogen) atoms. The quantitative estimate of drug-likeness (QED) is 0.387. The molecule has 0 rings (SSSR count). The Morgan fingerprint density at radius 2 is 2.00 bits per heavy atom. The van der Waals surface area contributed by atoms with Gasteiger partial charge in [-0.25, -0.2) is 4.39 Å². The first-order valence-electron chi connectivity index (χ1n) is 4.01. The van der Waals surface area contributed by atoms with E-state index in [1.54, 1.807) is 0 Å². The molecule has 1 atom stereocenters. The van der Waals surface area contributed by atoms with Gasteiger partial charge in [-0.2, -0.15) is 0 Å². The summed E-state index contributed by atoms with van der Waals surface area (Å²) in [5.41, 5.74) is 0. The van der Waals surface area contributed by atoms with Crippen LogP contribution in [0.4, 0.5) is 4.39 Å². The third-order valence-electron chi connectivity index (χ3n) is 1.54. The van der Waals surface area contributed by atoms with Crippen LogP contribution < -0.4 is 0 Å². The third-order valence-corrected chi connectivity index (χ3v) is 2.49. The molecular formula is C8H16FI. The molecule has 2 heteroatoms. The van der Waals surface area contributed by atoms with Crippen LogP contribution in [0, 0.1) is 0 Å². The Balaban J connectivity index is 2.89. The number of halogens is 2. The average Bonchev–Trinajstić information content (AvgIpc) is 1.98. The molecule has 0 aliphatic rings. The van der Waals surface area contributed by atoms with Crippen molar-refractivity contribution in [2.45, 2.75) is 45.2 Å². The molecule has 0 fully saturated rings. The predicted molar refractivity (Wildman–Crippen MR) is 52.5 cm³/mol. The SMILES string of the molecule is CCCCCCC(F)CI. The van der Waals surface area contributed by atoms with Gasteiger partial charge < -0.3 is 0 Å². The van der Waals surface area contributed by atoms with Gasteiger partial charge in [0, 0.05) is 4.43 Å². The van der Waals surface area contributed by atoms with Crippen LogP contribution in [-0.2, 0) is 0 Å². The van der Waals surface area contributed by atoms with Gasteiger partial charge in [0.15, 0.2) is 0 Å². The molecule has 0 aromatic rings. The van der Waals surface area contributed by atoms with E-state index in [-0.39, 0.29) is 0 Å². The summed E-state index contributed by atoms with van der Waals surface area (Å²) in [4.78, 5) is 0. The van der Waals surface area contributed by atoms with Crippen molar-refractivity contribution in [3.05, 3.63) is 0 Å². The van der Waals surface area contributed by atoms with Gasteiger partial charge in [-0.15, -0.1) is 0 Å². The standard InChI is InChI=1S/C8H16FI/c1-2-3-4-5-6-8(9)7-10/h8H,2-7H2,1H3. The van der Waals surface area contributed by atoms with Crippen LogP contribution in [0.3, 0.4) is 0 Å². The van der Waals surface area contributed by atoms with E-state index >= 15 is 0 Å². The molecule has 0 aliphatic carbocycles. The molecule has 1 unspecified atom stereocenters. The summed E-state index contributed by atoms with van der Waals surface area (Å²) in [5.74, 6) is 0. The molecule has 62 valence electrons. The second-order valence-corrected chi connectivity index (χ2v) is 3.48. The van der Waals surface area contributed by atoms with Crippen molar-refractivity contribution in [1.29, 1.82) is 0 Å². The zero-order valence-electron chi connectivity index (χ0n) is 6.58. The molecule has 0 saturated carbocycles. The second-order valence-electron chi connectivity index (χ2n) is 2.60. The molecule has 0 radical (unpaired) electrons.